The minimum absolute atomic E-state index is 0.0938. The van der Waals surface area contributed by atoms with E-state index < -0.39 is 40.9 Å². The number of para-hydroxylation sites is 1. The fraction of sp³-hybridized carbons (Fsp3) is 0.240. The fourth-order valence-corrected chi connectivity index (χ4v) is 4.68. The third-order valence-electron chi connectivity index (χ3n) is 5.95. The van der Waals surface area contributed by atoms with Gasteiger partial charge in [-0.05, 0) is 38.5 Å². The van der Waals surface area contributed by atoms with Crippen molar-refractivity contribution in [3.05, 3.63) is 75.6 Å². The first-order chi connectivity index (χ1) is 16.5. The molecule has 6 nitrogen and oxygen atoms in total. The third-order valence-corrected chi connectivity index (χ3v) is 6.26. The van der Waals surface area contributed by atoms with Gasteiger partial charge in [-0.25, -0.2) is 13.2 Å². The zero-order valence-corrected chi connectivity index (χ0v) is 19.8. The van der Waals surface area contributed by atoms with Crippen molar-refractivity contribution in [3.63, 3.8) is 0 Å². The highest BCUT2D eigenvalue weighted by Gasteiger charge is 2.39. The monoisotopic (exact) mass is 502 g/mol. The molecule has 5 rings (SSSR count). The van der Waals surface area contributed by atoms with Crippen molar-refractivity contribution in [2.24, 2.45) is 0 Å². The number of anilines is 4. The molecule has 2 heterocycles. The number of carbonyl (C=O) groups excluding carboxylic acids is 1. The minimum Gasteiger partial charge on any atom is -0.486 e. The molecule has 1 amide bonds. The number of nitrogens with one attached hydrogen (secondary N) is 4. The molecule has 2 aliphatic heterocycles. The average Bonchev–Trinajstić information content (AvgIpc) is 3.31. The van der Waals surface area contributed by atoms with E-state index in [2.05, 4.69) is 21.3 Å². The topological polar surface area (TPSA) is 74.4 Å². The van der Waals surface area contributed by atoms with Gasteiger partial charge in [-0.2, -0.15) is 0 Å². The van der Waals surface area contributed by atoms with E-state index in [4.69, 9.17) is 16.3 Å². The predicted octanol–water partition coefficient (Wildman–Crippen LogP) is 6.26. The van der Waals surface area contributed by atoms with E-state index in [0.717, 1.165) is 22.5 Å². The van der Waals surface area contributed by atoms with Crippen LogP contribution in [0.25, 0.3) is 0 Å². The van der Waals surface area contributed by atoms with Crippen LogP contribution in [-0.4, -0.2) is 17.8 Å². The lowest BCUT2D eigenvalue weighted by Gasteiger charge is -2.19. The summed E-state index contributed by atoms with van der Waals surface area (Å²) in [6.45, 7) is 5.69. The number of rotatable bonds is 4. The molecule has 1 atom stereocenters. The van der Waals surface area contributed by atoms with Gasteiger partial charge in [0.25, 0.3) is 5.91 Å². The Hall–Kier alpha value is -3.59. The maximum absolute atomic E-state index is 14.2. The number of fused-ring (bicyclic) bond motifs is 3. The van der Waals surface area contributed by atoms with E-state index in [1.54, 1.807) is 12.1 Å². The van der Waals surface area contributed by atoms with E-state index in [1.165, 1.54) is 0 Å². The summed E-state index contributed by atoms with van der Waals surface area (Å²) in [4.78, 5) is 13.1. The van der Waals surface area contributed by atoms with Gasteiger partial charge in [0.05, 0.1) is 27.6 Å². The Morgan fingerprint density at radius 3 is 2.51 bits per heavy atom. The van der Waals surface area contributed by atoms with E-state index >= 15 is 0 Å². The van der Waals surface area contributed by atoms with Gasteiger partial charge >= 0.3 is 0 Å². The number of hydrogen-bond acceptors (Lipinski definition) is 5. The lowest BCUT2D eigenvalue weighted by atomic mass is 9.97. The Morgan fingerprint density at radius 2 is 1.83 bits per heavy atom. The van der Waals surface area contributed by atoms with Gasteiger partial charge in [-0.1, -0.05) is 23.7 Å². The molecule has 0 aliphatic carbocycles. The second kappa shape index (κ2) is 8.27. The highest BCUT2D eigenvalue weighted by molar-refractivity contribution is 6.33. The number of hydrogen-bond donors (Lipinski definition) is 4. The Labute approximate surface area is 204 Å². The van der Waals surface area contributed by atoms with Crippen LogP contribution in [0.1, 0.15) is 35.3 Å². The van der Waals surface area contributed by atoms with Crippen LogP contribution >= 0.6 is 11.6 Å². The smallest absolute Gasteiger partial charge is 0.259 e. The Morgan fingerprint density at radius 1 is 1.11 bits per heavy atom. The molecule has 1 unspecified atom stereocenters. The largest absolute Gasteiger partial charge is 0.486 e. The Bertz CT molecular complexity index is 1340. The van der Waals surface area contributed by atoms with Gasteiger partial charge in [-0.15, -0.1) is 0 Å². The molecule has 0 spiro atoms. The van der Waals surface area contributed by atoms with Crippen LogP contribution in [0.4, 0.5) is 35.9 Å². The van der Waals surface area contributed by atoms with Gasteiger partial charge in [-0.3, -0.25) is 4.79 Å². The van der Waals surface area contributed by atoms with Crippen molar-refractivity contribution in [1.82, 2.24) is 0 Å². The quantitative estimate of drug-likeness (QED) is 0.338. The lowest BCUT2D eigenvalue weighted by Crippen LogP contribution is -2.32. The van der Waals surface area contributed by atoms with Crippen molar-refractivity contribution in [2.45, 2.75) is 39.1 Å². The van der Waals surface area contributed by atoms with Crippen LogP contribution in [0, 0.1) is 24.4 Å². The molecule has 0 aromatic heterocycles. The van der Waals surface area contributed by atoms with Gasteiger partial charge < -0.3 is 26.0 Å². The molecular formula is C25H22ClF3N4O2. The summed E-state index contributed by atoms with van der Waals surface area (Å²) in [6.07, 6.45) is 0.0547. The van der Waals surface area contributed by atoms with Gasteiger partial charge in [0.1, 0.15) is 22.9 Å². The second-order valence-electron chi connectivity index (χ2n) is 9.19. The summed E-state index contributed by atoms with van der Waals surface area (Å²) < 4.78 is 47.7. The first-order valence-corrected chi connectivity index (χ1v) is 11.3. The summed E-state index contributed by atoms with van der Waals surface area (Å²) >= 11 is 6.35. The standard InChI is InChI=1S/C25H22ClF3N4O2/c1-11-5-4-6-15(26)19(11)32-24-30-18-9-13(22-14(20(18)33-24)10-25(2,3)35-22)23(34)31-21-16(28)7-12(27)8-17(21)29/h4-9,24,30,32-33H,10H2,1-3H3,(H,31,34). The molecule has 0 fully saturated rings. The second-order valence-corrected chi connectivity index (χ2v) is 9.60. The number of aryl methyl sites for hydroxylation is 1. The van der Waals surface area contributed by atoms with Crippen molar-refractivity contribution in [2.75, 3.05) is 21.3 Å². The molecule has 3 aromatic rings. The highest BCUT2D eigenvalue weighted by Crippen LogP contribution is 2.48. The van der Waals surface area contributed by atoms with Crippen LogP contribution in [0.3, 0.4) is 0 Å². The summed E-state index contributed by atoms with van der Waals surface area (Å²) in [7, 11) is 0. The third kappa shape index (κ3) is 4.20. The van der Waals surface area contributed by atoms with Crippen LogP contribution in [-0.2, 0) is 6.42 Å². The molecule has 3 aromatic carbocycles. The molecule has 0 bridgehead atoms. The molecule has 0 radical (unpaired) electrons. The van der Waals surface area contributed by atoms with Gasteiger partial charge in [0, 0.05) is 24.1 Å². The normalized spacial score (nSPS) is 17.1. The summed E-state index contributed by atoms with van der Waals surface area (Å²) in [5, 5.41) is 12.7. The maximum atomic E-state index is 14.2. The number of amides is 1. The molecule has 0 saturated heterocycles. The molecule has 0 saturated carbocycles. The first-order valence-electron chi connectivity index (χ1n) is 10.9. The summed E-state index contributed by atoms with van der Waals surface area (Å²) in [5.74, 6) is -3.98. The SMILES string of the molecule is Cc1cccc(Cl)c1NC1Nc2cc(C(=O)Nc3c(F)cc(F)cc3F)c3c(c2N1)CC(C)(C)O3. The molecular weight excluding hydrogens is 481 g/mol. The zero-order chi connectivity index (χ0) is 25.1. The van der Waals surface area contributed by atoms with Crippen LogP contribution in [0.2, 0.25) is 5.02 Å². The number of ether oxygens (including phenoxy) is 1. The van der Waals surface area contributed by atoms with Crippen LogP contribution in [0.15, 0.2) is 36.4 Å². The maximum Gasteiger partial charge on any atom is 0.259 e. The Balaban J connectivity index is 1.49. The molecule has 2 aliphatic rings. The predicted molar refractivity (Wildman–Crippen MR) is 130 cm³/mol. The van der Waals surface area contributed by atoms with Crippen molar-refractivity contribution >= 4 is 40.3 Å². The molecule has 35 heavy (non-hydrogen) atoms. The lowest BCUT2D eigenvalue weighted by molar-refractivity contribution is 0.101. The van der Waals surface area contributed by atoms with Gasteiger partial charge in [0.2, 0.25) is 0 Å². The zero-order valence-electron chi connectivity index (χ0n) is 19.1. The highest BCUT2D eigenvalue weighted by atomic mass is 35.5. The average molecular weight is 503 g/mol. The first kappa shape index (κ1) is 23.2. The van der Waals surface area contributed by atoms with Gasteiger partial charge in [0.15, 0.2) is 17.9 Å². The van der Waals surface area contributed by atoms with E-state index in [0.29, 0.717) is 35.0 Å². The van der Waals surface area contributed by atoms with Crippen molar-refractivity contribution in [1.29, 1.82) is 0 Å². The minimum atomic E-state index is -1.21. The van der Waals surface area contributed by atoms with Crippen LogP contribution < -0.4 is 26.0 Å². The number of halogens is 4. The van der Waals surface area contributed by atoms with E-state index in [9.17, 15) is 18.0 Å². The number of benzene rings is 3. The summed E-state index contributed by atoms with van der Waals surface area (Å²) in [6, 6.07) is 8.13. The molecule has 10 heteroatoms. The van der Waals surface area contributed by atoms with E-state index in [-0.39, 0.29) is 5.56 Å². The van der Waals surface area contributed by atoms with Crippen molar-refractivity contribution in [3.8, 4) is 5.75 Å². The van der Waals surface area contributed by atoms with E-state index in [1.807, 2.05) is 32.9 Å². The Kier molecular flexibility index (Phi) is 5.47. The number of carbonyl (C=O) groups is 1. The fourth-order valence-electron chi connectivity index (χ4n) is 4.40. The van der Waals surface area contributed by atoms with Crippen LogP contribution in [0.5, 0.6) is 5.75 Å². The summed E-state index contributed by atoms with van der Waals surface area (Å²) in [5.41, 5.74) is 2.58. The molecule has 182 valence electrons. The van der Waals surface area contributed by atoms with Crippen molar-refractivity contribution < 1.29 is 22.7 Å². The molecule has 4 N–H and O–H groups in total.